The maximum absolute atomic E-state index is 12.2. The van der Waals surface area contributed by atoms with E-state index in [0.717, 1.165) is 12.0 Å². The van der Waals surface area contributed by atoms with Crippen LogP contribution < -0.4 is 5.32 Å². The Morgan fingerprint density at radius 3 is 2.80 bits per heavy atom. The number of pyridine rings is 1. The van der Waals surface area contributed by atoms with Crippen LogP contribution in [0.5, 0.6) is 0 Å². The standard InChI is InChI=1S/C14H18N4O2/c1-5-10-6-7-15-11(8-10)12(19)17-14(3,4)13-16-9(2)18-20-13/h6-8H,5H2,1-4H3,(H,17,19). The van der Waals surface area contributed by atoms with E-state index < -0.39 is 5.54 Å². The molecule has 2 heterocycles. The summed E-state index contributed by atoms with van der Waals surface area (Å²) in [6, 6.07) is 3.67. The van der Waals surface area contributed by atoms with Gasteiger partial charge in [-0.1, -0.05) is 12.1 Å². The monoisotopic (exact) mass is 274 g/mol. The number of hydrogen-bond donors (Lipinski definition) is 1. The molecule has 0 radical (unpaired) electrons. The van der Waals surface area contributed by atoms with Crippen molar-refractivity contribution in [2.45, 2.75) is 39.7 Å². The lowest BCUT2D eigenvalue weighted by Gasteiger charge is -2.21. The number of carbonyl (C=O) groups excluding carboxylic acids is 1. The second kappa shape index (κ2) is 5.40. The van der Waals surface area contributed by atoms with Gasteiger partial charge >= 0.3 is 0 Å². The molecule has 1 N–H and O–H groups in total. The van der Waals surface area contributed by atoms with Crippen LogP contribution in [0.25, 0.3) is 0 Å². The Morgan fingerprint density at radius 1 is 1.45 bits per heavy atom. The largest absolute Gasteiger partial charge is 0.337 e. The summed E-state index contributed by atoms with van der Waals surface area (Å²) in [5.41, 5.74) is 0.702. The summed E-state index contributed by atoms with van der Waals surface area (Å²) < 4.78 is 5.11. The number of rotatable bonds is 4. The van der Waals surface area contributed by atoms with Gasteiger partial charge in [-0.05, 0) is 44.9 Å². The van der Waals surface area contributed by atoms with E-state index in [-0.39, 0.29) is 5.91 Å². The van der Waals surface area contributed by atoms with Gasteiger partial charge in [-0.2, -0.15) is 4.98 Å². The van der Waals surface area contributed by atoms with Crippen molar-refractivity contribution < 1.29 is 9.32 Å². The first kappa shape index (κ1) is 14.2. The molecule has 0 fully saturated rings. The van der Waals surface area contributed by atoms with Gasteiger partial charge in [0.2, 0.25) is 0 Å². The van der Waals surface area contributed by atoms with Crippen molar-refractivity contribution >= 4 is 5.91 Å². The van der Waals surface area contributed by atoms with Gasteiger partial charge in [-0.15, -0.1) is 0 Å². The molecule has 0 saturated heterocycles. The molecule has 0 aliphatic rings. The highest BCUT2D eigenvalue weighted by Gasteiger charge is 2.29. The fraction of sp³-hybridized carbons (Fsp3) is 0.429. The second-order valence-electron chi connectivity index (χ2n) is 5.13. The van der Waals surface area contributed by atoms with E-state index in [1.54, 1.807) is 19.2 Å². The third-order valence-electron chi connectivity index (χ3n) is 2.95. The number of nitrogens with one attached hydrogen (secondary N) is 1. The van der Waals surface area contributed by atoms with E-state index in [4.69, 9.17) is 4.52 Å². The number of aromatic nitrogens is 3. The Hall–Kier alpha value is -2.24. The van der Waals surface area contributed by atoms with E-state index in [9.17, 15) is 4.79 Å². The van der Waals surface area contributed by atoms with Crippen LogP contribution >= 0.6 is 0 Å². The van der Waals surface area contributed by atoms with Crippen molar-refractivity contribution in [3.05, 3.63) is 41.3 Å². The molecule has 1 amide bonds. The van der Waals surface area contributed by atoms with E-state index in [1.807, 2.05) is 26.8 Å². The SMILES string of the molecule is CCc1ccnc(C(=O)NC(C)(C)c2nc(C)no2)c1. The number of hydrogen-bond acceptors (Lipinski definition) is 5. The predicted molar refractivity (Wildman–Crippen MR) is 73.1 cm³/mol. The van der Waals surface area contributed by atoms with Gasteiger partial charge in [0.25, 0.3) is 11.8 Å². The maximum atomic E-state index is 12.2. The zero-order chi connectivity index (χ0) is 14.8. The summed E-state index contributed by atoms with van der Waals surface area (Å²) in [5, 5.41) is 6.59. The van der Waals surface area contributed by atoms with Gasteiger partial charge in [0.1, 0.15) is 11.2 Å². The lowest BCUT2D eigenvalue weighted by Crippen LogP contribution is -2.41. The first-order valence-corrected chi connectivity index (χ1v) is 6.50. The smallest absolute Gasteiger partial charge is 0.270 e. The van der Waals surface area contributed by atoms with Crippen LogP contribution in [0.15, 0.2) is 22.9 Å². The first-order valence-electron chi connectivity index (χ1n) is 6.50. The second-order valence-corrected chi connectivity index (χ2v) is 5.13. The fourth-order valence-corrected chi connectivity index (χ4v) is 1.77. The van der Waals surface area contributed by atoms with Crippen LogP contribution in [0.1, 0.15) is 48.5 Å². The molecule has 2 rings (SSSR count). The normalized spacial score (nSPS) is 11.4. The quantitative estimate of drug-likeness (QED) is 0.922. The summed E-state index contributed by atoms with van der Waals surface area (Å²) in [6.07, 6.45) is 2.49. The van der Waals surface area contributed by atoms with Crippen LogP contribution in [0.2, 0.25) is 0 Å². The van der Waals surface area contributed by atoms with Crippen LogP contribution in [-0.2, 0) is 12.0 Å². The minimum Gasteiger partial charge on any atom is -0.337 e. The summed E-state index contributed by atoms with van der Waals surface area (Å²) in [7, 11) is 0. The van der Waals surface area contributed by atoms with Gasteiger partial charge < -0.3 is 9.84 Å². The summed E-state index contributed by atoms with van der Waals surface area (Å²) in [5.74, 6) is 0.643. The van der Waals surface area contributed by atoms with Crippen LogP contribution in [-0.4, -0.2) is 21.0 Å². The van der Waals surface area contributed by atoms with Gasteiger partial charge in [-0.25, -0.2) is 0 Å². The van der Waals surface area contributed by atoms with Crippen molar-refractivity contribution in [1.29, 1.82) is 0 Å². The Morgan fingerprint density at radius 2 is 2.20 bits per heavy atom. The minimum absolute atomic E-state index is 0.263. The van der Waals surface area contributed by atoms with E-state index in [2.05, 4.69) is 20.4 Å². The first-order chi connectivity index (χ1) is 9.42. The number of carbonyl (C=O) groups is 1. The molecular weight excluding hydrogens is 256 g/mol. The predicted octanol–water partition coefficient (Wildman–Crippen LogP) is 2.00. The van der Waals surface area contributed by atoms with Crippen molar-refractivity contribution in [1.82, 2.24) is 20.4 Å². The maximum Gasteiger partial charge on any atom is 0.270 e. The molecule has 20 heavy (non-hydrogen) atoms. The van der Waals surface area contributed by atoms with E-state index >= 15 is 0 Å². The van der Waals surface area contributed by atoms with Gasteiger partial charge in [0, 0.05) is 6.20 Å². The summed E-state index contributed by atoms with van der Waals surface area (Å²) >= 11 is 0. The molecule has 2 aromatic heterocycles. The van der Waals surface area contributed by atoms with Crippen molar-refractivity contribution in [2.24, 2.45) is 0 Å². The Kier molecular flexibility index (Phi) is 3.83. The number of amides is 1. The molecule has 0 aliphatic carbocycles. The molecule has 0 spiro atoms. The van der Waals surface area contributed by atoms with Crippen LogP contribution in [0, 0.1) is 6.92 Å². The van der Waals surface area contributed by atoms with Gasteiger partial charge in [-0.3, -0.25) is 9.78 Å². The molecule has 0 saturated carbocycles. The molecular formula is C14H18N4O2. The van der Waals surface area contributed by atoms with E-state index in [0.29, 0.717) is 17.4 Å². The zero-order valence-electron chi connectivity index (χ0n) is 12.1. The average Bonchev–Trinajstić information content (AvgIpc) is 2.86. The van der Waals surface area contributed by atoms with Gasteiger partial charge in [0.05, 0.1) is 0 Å². The molecule has 0 atom stereocenters. The molecule has 6 heteroatoms. The zero-order valence-corrected chi connectivity index (χ0v) is 12.1. The van der Waals surface area contributed by atoms with Gasteiger partial charge in [0.15, 0.2) is 5.82 Å². The summed E-state index contributed by atoms with van der Waals surface area (Å²) in [6.45, 7) is 7.38. The lowest BCUT2D eigenvalue weighted by molar-refractivity contribution is 0.0889. The third-order valence-corrected chi connectivity index (χ3v) is 2.95. The molecule has 0 aromatic carbocycles. The number of aryl methyl sites for hydroxylation is 2. The summed E-state index contributed by atoms with van der Waals surface area (Å²) in [4.78, 5) is 20.5. The highest BCUT2D eigenvalue weighted by atomic mass is 16.5. The Labute approximate surface area is 117 Å². The average molecular weight is 274 g/mol. The Balaban J connectivity index is 2.18. The fourth-order valence-electron chi connectivity index (χ4n) is 1.77. The Bertz CT molecular complexity index is 619. The van der Waals surface area contributed by atoms with Crippen molar-refractivity contribution in [3.63, 3.8) is 0 Å². The molecule has 2 aromatic rings. The molecule has 0 aliphatic heterocycles. The van der Waals surface area contributed by atoms with Crippen molar-refractivity contribution in [2.75, 3.05) is 0 Å². The molecule has 0 unspecified atom stereocenters. The highest BCUT2D eigenvalue weighted by molar-refractivity contribution is 5.92. The topological polar surface area (TPSA) is 80.9 Å². The number of nitrogens with zero attached hydrogens (tertiary/aromatic N) is 3. The van der Waals surface area contributed by atoms with Crippen molar-refractivity contribution in [3.8, 4) is 0 Å². The molecule has 0 bridgehead atoms. The molecule has 6 nitrogen and oxygen atoms in total. The lowest BCUT2D eigenvalue weighted by atomic mass is 10.1. The third kappa shape index (κ3) is 3.01. The highest BCUT2D eigenvalue weighted by Crippen LogP contribution is 2.18. The molecule has 106 valence electrons. The van der Waals surface area contributed by atoms with Crippen LogP contribution in [0.3, 0.4) is 0 Å². The van der Waals surface area contributed by atoms with Crippen LogP contribution in [0.4, 0.5) is 0 Å². The van der Waals surface area contributed by atoms with E-state index in [1.165, 1.54) is 0 Å². The minimum atomic E-state index is -0.748.